The van der Waals surface area contributed by atoms with Crippen molar-refractivity contribution < 1.29 is 23.7 Å². The number of rotatable bonds is 1. The Hall–Kier alpha value is -1.07. The van der Waals surface area contributed by atoms with Gasteiger partial charge in [0.1, 0.15) is 6.61 Å². The number of hydrogen-bond donors (Lipinski definition) is 0. The molecule has 1 saturated carbocycles. The second-order valence-corrected chi connectivity index (χ2v) is 8.60. The van der Waals surface area contributed by atoms with Gasteiger partial charge in [-0.3, -0.25) is 0 Å². The highest BCUT2D eigenvalue weighted by Crippen LogP contribution is 2.63. The van der Waals surface area contributed by atoms with Crippen molar-refractivity contribution >= 4 is 6.16 Å². The molecule has 3 atom stereocenters. The smallest absolute Gasteiger partial charge is 0.430 e. The summed E-state index contributed by atoms with van der Waals surface area (Å²) in [6.07, 6.45) is 6.47. The first-order valence-electron chi connectivity index (χ1n) is 9.19. The SMILES string of the molecule is CC1(C)CCC[C@@]2(C)[C@H]1CC=C(C1OCCCO1)[C@]21COC(=O)O1. The first kappa shape index (κ1) is 16.4. The quantitative estimate of drug-likeness (QED) is 0.538. The Morgan fingerprint density at radius 1 is 1.08 bits per heavy atom. The third-order valence-corrected chi connectivity index (χ3v) is 6.92. The molecule has 0 bridgehead atoms. The molecule has 2 aliphatic heterocycles. The number of hydrogen-bond acceptors (Lipinski definition) is 5. The molecule has 2 aliphatic carbocycles. The molecule has 4 aliphatic rings. The maximum atomic E-state index is 12.0. The highest BCUT2D eigenvalue weighted by molar-refractivity contribution is 5.65. The Labute approximate surface area is 143 Å². The van der Waals surface area contributed by atoms with Gasteiger partial charge in [0.15, 0.2) is 11.9 Å². The van der Waals surface area contributed by atoms with E-state index >= 15 is 0 Å². The van der Waals surface area contributed by atoms with E-state index in [0.29, 0.717) is 19.1 Å². The lowest BCUT2D eigenvalue weighted by Gasteiger charge is -2.59. The summed E-state index contributed by atoms with van der Waals surface area (Å²) in [5, 5.41) is 0. The highest BCUT2D eigenvalue weighted by atomic mass is 16.8. The summed E-state index contributed by atoms with van der Waals surface area (Å²) >= 11 is 0. The molecule has 134 valence electrons. The van der Waals surface area contributed by atoms with Gasteiger partial charge in [0.05, 0.1) is 13.2 Å². The molecule has 0 aromatic heterocycles. The van der Waals surface area contributed by atoms with Crippen LogP contribution in [0.4, 0.5) is 4.79 Å². The maximum Gasteiger partial charge on any atom is 0.509 e. The second-order valence-electron chi connectivity index (χ2n) is 8.60. The Balaban J connectivity index is 1.79. The summed E-state index contributed by atoms with van der Waals surface area (Å²) in [6.45, 7) is 8.58. The van der Waals surface area contributed by atoms with E-state index in [9.17, 15) is 4.79 Å². The molecule has 0 radical (unpaired) electrons. The first-order chi connectivity index (χ1) is 11.4. The van der Waals surface area contributed by atoms with Gasteiger partial charge in [-0.05, 0) is 37.0 Å². The molecular formula is C19H28O5. The van der Waals surface area contributed by atoms with E-state index in [2.05, 4.69) is 26.8 Å². The zero-order chi connectivity index (χ0) is 17.0. The van der Waals surface area contributed by atoms with Crippen LogP contribution in [0.15, 0.2) is 11.6 Å². The number of ether oxygens (including phenoxy) is 4. The fourth-order valence-corrected chi connectivity index (χ4v) is 5.66. The van der Waals surface area contributed by atoms with Crippen molar-refractivity contribution in [1.29, 1.82) is 0 Å². The van der Waals surface area contributed by atoms with Gasteiger partial charge in [0.25, 0.3) is 0 Å². The van der Waals surface area contributed by atoms with Gasteiger partial charge in [0.2, 0.25) is 0 Å². The molecule has 0 aromatic rings. The minimum absolute atomic E-state index is 0.158. The van der Waals surface area contributed by atoms with Gasteiger partial charge in [-0.15, -0.1) is 0 Å². The van der Waals surface area contributed by atoms with Crippen molar-refractivity contribution in [2.45, 2.75) is 64.8 Å². The van der Waals surface area contributed by atoms with Gasteiger partial charge < -0.3 is 18.9 Å². The lowest BCUT2D eigenvalue weighted by Crippen LogP contribution is -2.62. The summed E-state index contributed by atoms with van der Waals surface area (Å²) in [5.74, 6) is 0.445. The van der Waals surface area contributed by atoms with Crippen LogP contribution in [-0.4, -0.2) is 37.9 Å². The van der Waals surface area contributed by atoms with Crippen molar-refractivity contribution in [3.8, 4) is 0 Å². The molecule has 3 fully saturated rings. The molecule has 2 saturated heterocycles. The molecule has 0 aromatic carbocycles. The van der Waals surface area contributed by atoms with Gasteiger partial charge >= 0.3 is 6.16 Å². The molecule has 24 heavy (non-hydrogen) atoms. The predicted octanol–water partition coefficient (Wildman–Crippen LogP) is 3.82. The molecular weight excluding hydrogens is 308 g/mol. The Morgan fingerprint density at radius 3 is 2.50 bits per heavy atom. The van der Waals surface area contributed by atoms with Gasteiger partial charge in [0, 0.05) is 11.0 Å². The third kappa shape index (κ3) is 2.17. The molecule has 1 spiro atoms. The van der Waals surface area contributed by atoms with Crippen LogP contribution in [0.1, 0.15) is 52.9 Å². The van der Waals surface area contributed by atoms with Crippen molar-refractivity contribution in [3.63, 3.8) is 0 Å². The number of cyclic esters (lactones) is 1. The van der Waals surface area contributed by atoms with E-state index in [1.807, 2.05) is 0 Å². The van der Waals surface area contributed by atoms with Crippen LogP contribution >= 0.6 is 0 Å². The number of fused-ring (bicyclic) bond motifs is 2. The summed E-state index contributed by atoms with van der Waals surface area (Å²) in [4.78, 5) is 12.0. The molecule has 0 amide bonds. The predicted molar refractivity (Wildman–Crippen MR) is 87.4 cm³/mol. The van der Waals surface area contributed by atoms with Crippen LogP contribution in [0.5, 0.6) is 0 Å². The third-order valence-electron chi connectivity index (χ3n) is 6.92. The minimum atomic E-state index is -0.757. The van der Waals surface area contributed by atoms with Crippen LogP contribution in [0.25, 0.3) is 0 Å². The average Bonchev–Trinajstić information content (AvgIpc) is 2.93. The summed E-state index contributed by atoms with van der Waals surface area (Å²) in [7, 11) is 0. The van der Waals surface area contributed by atoms with Crippen LogP contribution < -0.4 is 0 Å². The lowest BCUT2D eigenvalue weighted by atomic mass is 9.47. The molecule has 4 rings (SSSR count). The Kier molecular flexibility index (Phi) is 3.73. The van der Waals surface area contributed by atoms with E-state index in [-0.39, 0.29) is 17.4 Å². The van der Waals surface area contributed by atoms with E-state index in [1.54, 1.807) is 0 Å². The fraction of sp³-hybridized carbons (Fsp3) is 0.842. The monoisotopic (exact) mass is 336 g/mol. The van der Waals surface area contributed by atoms with Gasteiger partial charge in [-0.1, -0.05) is 33.3 Å². The number of carbonyl (C=O) groups is 1. The lowest BCUT2D eigenvalue weighted by molar-refractivity contribution is -0.194. The van der Waals surface area contributed by atoms with E-state index in [4.69, 9.17) is 18.9 Å². The van der Waals surface area contributed by atoms with Crippen LogP contribution in [0.3, 0.4) is 0 Å². The standard InChI is InChI=1S/C19H28O5/c1-17(2)8-4-9-18(3)14(17)7-6-13(15-21-10-5-11-22-15)19(18)12-23-16(20)24-19/h6,14-15H,4-5,7-12H2,1-3H3/t14-,18-,19+/m0/s1. The molecule has 0 N–H and O–H groups in total. The zero-order valence-electron chi connectivity index (χ0n) is 14.9. The minimum Gasteiger partial charge on any atom is -0.430 e. The molecule has 5 heteroatoms. The summed E-state index contributed by atoms with van der Waals surface area (Å²) in [6, 6.07) is 0. The first-order valence-corrected chi connectivity index (χ1v) is 9.19. The number of allylic oxidation sites excluding steroid dienone is 1. The Bertz CT molecular complexity index is 562. The normalized spacial score (nSPS) is 42.2. The summed E-state index contributed by atoms with van der Waals surface area (Å²) in [5.41, 5.74) is 0.261. The van der Waals surface area contributed by atoms with Crippen molar-refractivity contribution in [2.24, 2.45) is 16.7 Å². The topological polar surface area (TPSA) is 54.0 Å². The Morgan fingerprint density at radius 2 is 1.83 bits per heavy atom. The van der Waals surface area contributed by atoms with Crippen molar-refractivity contribution in [2.75, 3.05) is 19.8 Å². The zero-order valence-corrected chi connectivity index (χ0v) is 14.9. The van der Waals surface area contributed by atoms with Crippen LogP contribution in [0.2, 0.25) is 0 Å². The number of carbonyl (C=O) groups excluding carboxylic acids is 1. The van der Waals surface area contributed by atoms with E-state index < -0.39 is 18.0 Å². The molecule has 0 unspecified atom stereocenters. The maximum absolute atomic E-state index is 12.0. The largest absolute Gasteiger partial charge is 0.509 e. The van der Waals surface area contributed by atoms with Gasteiger partial charge in [-0.2, -0.15) is 0 Å². The van der Waals surface area contributed by atoms with E-state index in [1.165, 1.54) is 6.42 Å². The average molecular weight is 336 g/mol. The highest BCUT2D eigenvalue weighted by Gasteiger charge is 2.67. The van der Waals surface area contributed by atoms with E-state index in [0.717, 1.165) is 31.3 Å². The van der Waals surface area contributed by atoms with Gasteiger partial charge in [-0.25, -0.2) is 4.79 Å². The van der Waals surface area contributed by atoms with Crippen LogP contribution in [0, 0.1) is 16.7 Å². The van der Waals surface area contributed by atoms with Crippen LogP contribution in [-0.2, 0) is 18.9 Å². The fourth-order valence-electron chi connectivity index (χ4n) is 5.66. The van der Waals surface area contributed by atoms with Crippen molar-refractivity contribution in [1.82, 2.24) is 0 Å². The second kappa shape index (κ2) is 5.46. The molecule has 2 heterocycles. The molecule has 5 nitrogen and oxygen atoms in total. The van der Waals surface area contributed by atoms with Crippen molar-refractivity contribution in [3.05, 3.63) is 11.6 Å². The summed E-state index contributed by atoms with van der Waals surface area (Å²) < 4.78 is 23.0.